The number of halogens is 4. The minimum Gasteiger partial charge on any atom is -0.508 e. The molecule has 5 nitrogen and oxygen atoms in total. The molecule has 3 N–H and O–H groups in total. The molecule has 0 aliphatic rings. The second-order valence-corrected chi connectivity index (χ2v) is 9.17. The van der Waals surface area contributed by atoms with Crippen LogP contribution in [0.25, 0.3) is 0 Å². The highest BCUT2D eigenvalue weighted by molar-refractivity contribution is 7.87. The van der Waals surface area contributed by atoms with Crippen molar-refractivity contribution in [3.05, 3.63) is 91.4 Å². The van der Waals surface area contributed by atoms with Crippen LogP contribution in [-0.4, -0.2) is 23.2 Å². The molecule has 0 radical (unpaired) electrons. The molecule has 0 fully saturated rings. The molecule has 0 saturated carbocycles. The number of para-hydroxylation sites is 2. The summed E-state index contributed by atoms with van der Waals surface area (Å²) in [6.07, 6.45) is 0. The number of benzene rings is 3. The first-order valence-electron chi connectivity index (χ1n) is 7.91. The number of phenolic OH excluding ortho intramolecular Hbond substituents is 2. The van der Waals surface area contributed by atoms with Gasteiger partial charge in [0.25, 0.3) is 10.1 Å². The van der Waals surface area contributed by atoms with Gasteiger partial charge in [-0.2, -0.15) is 8.42 Å². The quantitative estimate of drug-likeness (QED) is 0.239. The van der Waals surface area contributed by atoms with Crippen LogP contribution in [0.3, 0.4) is 0 Å². The fraction of sp³-hybridized carbons (Fsp3) is 0.0526. The van der Waals surface area contributed by atoms with Gasteiger partial charge in [0.15, 0.2) is 4.75 Å². The fourth-order valence-corrected chi connectivity index (χ4v) is 5.47. The minimum atomic E-state index is -5.16. The number of aromatic hydroxyl groups is 2. The average Bonchev–Trinajstić information content (AvgIpc) is 2.65. The molecule has 0 amide bonds. The summed E-state index contributed by atoms with van der Waals surface area (Å²) in [5, 5.41) is 20.5. The Morgan fingerprint density at radius 2 is 1.31 bits per heavy atom. The summed E-state index contributed by atoms with van der Waals surface area (Å²) in [5.41, 5.74) is -0.857. The molecule has 0 aliphatic carbocycles. The van der Waals surface area contributed by atoms with Gasteiger partial charge in [0.2, 0.25) is 0 Å². The Morgan fingerprint density at radius 3 is 1.93 bits per heavy atom. The number of phenols is 2. The van der Waals surface area contributed by atoms with Gasteiger partial charge < -0.3 is 10.2 Å². The molecule has 0 aromatic heterocycles. The molecule has 29 heavy (non-hydrogen) atoms. The highest BCUT2D eigenvalue weighted by Crippen LogP contribution is 2.53. The molecule has 0 heterocycles. The van der Waals surface area contributed by atoms with Gasteiger partial charge >= 0.3 is 0 Å². The predicted molar refractivity (Wildman–Crippen MR) is 114 cm³/mol. The Balaban J connectivity index is 2.66. The summed E-state index contributed by atoms with van der Waals surface area (Å²) >= 11 is 24.5. The van der Waals surface area contributed by atoms with Gasteiger partial charge in [-0.1, -0.05) is 82.8 Å². The normalized spacial score (nSPS) is 13.8. The SMILES string of the molecule is O=S(=O)(O)C(c1ccccc1O)(c1cccc(Cl)c1O)c1ccc(Cl)c(Cl)c1Cl. The Bertz CT molecular complexity index is 1210. The van der Waals surface area contributed by atoms with Crippen LogP contribution in [0, 0.1) is 0 Å². The Morgan fingerprint density at radius 1 is 0.690 bits per heavy atom. The van der Waals surface area contributed by atoms with Gasteiger partial charge in [-0.05, 0) is 18.2 Å². The van der Waals surface area contributed by atoms with Crippen molar-refractivity contribution in [3.63, 3.8) is 0 Å². The topological polar surface area (TPSA) is 94.8 Å². The van der Waals surface area contributed by atoms with Gasteiger partial charge in [0.1, 0.15) is 11.5 Å². The average molecular weight is 494 g/mol. The van der Waals surface area contributed by atoms with Crippen LogP contribution in [0.15, 0.2) is 54.6 Å². The zero-order valence-electron chi connectivity index (χ0n) is 14.3. The number of hydrogen-bond acceptors (Lipinski definition) is 4. The van der Waals surface area contributed by atoms with Crippen molar-refractivity contribution >= 4 is 56.5 Å². The standard InChI is InChI=1S/C19H12Cl4O5S/c20-13-9-8-11(16(22)17(13)23)19(29(26,27)28,10-4-1-2-7-15(10)24)12-5-3-6-14(21)18(12)25/h1-9,24-25H,(H,26,27,28). The van der Waals surface area contributed by atoms with E-state index < -0.39 is 26.4 Å². The molecule has 0 bridgehead atoms. The van der Waals surface area contributed by atoms with E-state index in [-0.39, 0.29) is 36.8 Å². The second-order valence-electron chi connectivity index (χ2n) is 6.03. The molecule has 3 rings (SSSR count). The lowest BCUT2D eigenvalue weighted by molar-refractivity contribution is 0.428. The van der Waals surface area contributed by atoms with Crippen LogP contribution in [-0.2, 0) is 14.9 Å². The Kier molecular flexibility index (Phi) is 5.98. The summed E-state index contributed by atoms with van der Waals surface area (Å²) in [5.74, 6) is -1.11. The summed E-state index contributed by atoms with van der Waals surface area (Å²) < 4.78 is 33.9. The van der Waals surface area contributed by atoms with Crippen LogP contribution < -0.4 is 0 Å². The highest BCUT2D eigenvalue weighted by atomic mass is 35.5. The molecule has 1 atom stereocenters. The van der Waals surface area contributed by atoms with Gasteiger partial charge in [0.05, 0.1) is 20.1 Å². The summed E-state index contributed by atoms with van der Waals surface area (Å²) in [7, 11) is -5.16. The lowest BCUT2D eigenvalue weighted by atomic mass is 9.83. The molecule has 10 heteroatoms. The van der Waals surface area contributed by atoms with Crippen LogP contribution >= 0.6 is 46.4 Å². The Labute approximate surface area is 186 Å². The maximum absolute atomic E-state index is 13.0. The van der Waals surface area contributed by atoms with Crippen LogP contribution in [0.5, 0.6) is 11.5 Å². The van der Waals surface area contributed by atoms with Crippen molar-refractivity contribution in [2.75, 3.05) is 0 Å². The maximum Gasteiger partial charge on any atom is 0.283 e. The third-order valence-electron chi connectivity index (χ3n) is 4.45. The summed E-state index contributed by atoms with van der Waals surface area (Å²) in [4.78, 5) is 0. The lowest BCUT2D eigenvalue weighted by Gasteiger charge is -2.34. The van der Waals surface area contributed by atoms with Gasteiger partial charge in [-0.25, -0.2) is 0 Å². The molecular weight excluding hydrogens is 482 g/mol. The van der Waals surface area contributed by atoms with Crippen LogP contribution in [0.2, 0.25) is 20.1 Å². The van der Waals surface area contributed by atoms with E-state index in [9.17, 15) is 23.2 Å². The van der Waals surface area contributed by atoms with Gasteiger partial charge in [-0.3, -0.25) is 4.55 Å². The van der Waals surface area contributed by atoms with Crippen molar-refractivity contribution in [3.8, 4) is 11.5 Å². The summed E-state index contributed by atoms with van der Waals surface area (Å²) in [6.45, 7) is 0. The fourth-order valence-electron chi connectivity index (χ4n) is 3.22. The highest BCUT2D eigenvalue weighted by Gasteiger charge is 2.53. The van der Waals surface area contributed by atoms with E-state index in [1.165, 1.54) is 54.6 Å². The molecule has 3 aromatic carbocycles. The molecule has 0 aliphatic heterocycles. The van der Waals surface area contributed by atoms with E-state index in [2.05, 4.69) is 0 Å². The van der Waals surface area contributed by atoms with E-state index >= 15 is 0 Å². The van der Waals surface area contributed by atoms with Gasteiger partial charge in [-0.15, -0.1) is 0 Å². The second kappa shape index (κ2) is 7.87. The van der Waals surface area contributed by atoms with Crippen molar-refractivity contribution in [2.45, 2.75) is 4.75 Å². The first-order valence-corrected chi connectivity index (χ1v) is 10.9. The third-order valence-corrected chi connectivity index (χ3v) is 7.48. The predicted octanol–water partition coefficient (Wildman–Crippen LogP) is 5.89. The van der Waals surface area contributed by atoms with Gasteiger partial charge in [0, 0.05) is 16.7 Å². The van der Waals surface area contributed by atoms with E-state index in [0.29, 0.717) is 0 Å². The smallest absolute Gasteiger partial charge is 0.283 e. The van der Waals surface area contributed by atoms with Crippen LogP contribution in [0.4, 0.5) is 0 Å². The number of hydrogen-bond donors (Lipinski definition) is 3. The maximum atomic E-state index is 13.0. The minimum absolute atomic E-state index is 0.0391. The first kappa shape index (κ1) is 22.0. The molecule has 0 spiro atoms. The number of rotatable bonds is 4. The zero-order chi connectivity index (χ0) is 21.6. The molecule has 3 aromatic rings. The van der Waals surface area contributed by atoms with E-state index in [1.807, 2.05) is 0 Å². The monoisotopic (exact) mass is 492 g/mol. The van der Waals surface area contributed by atoms with Crippen molar-refractivity contribution in [2.24, 2.45) is 0 Å². The van der Waals surface area contributed by atoms with E-state index in [1.54, 1.807) is 0 Å². The lowest BCUT2D eigenvalue weighted by Crippen LogP contribution is -2.38. The third kappa shape index (κ3) is 3.44. The zero-order valence-corrected chi connectivity index (χ0v) is 18.1. The van der Waals surface area contributed by atoms with Crippen molar-refractivity contribution in [1.29, 1.82) is 0 Å². The van der Waals surface area contributed by atoms with Crippen molar-refractivity contribution < 1.29 is 23.2 Å². The summed E-state index contributed by atoms with van der Waals surface area (Å²) in [6, 6.07) is 11.9. The van der Waals surface area contributed by atoms with E-state index in [4.69, 9.17) is 46.4 Å². The molecule has 0 saturated heterocycles. The van der Waals surface area contributed by atoms with Crippen LogP contribution in [0.1, 0.15) is 16.7 Å². The van der Waals surface area contributed by atoms with Crippen molar-refractivity contribution in [1.82, 2.24) is 0 Å². The Hall–Kier alpha value is -1.67. The van der Waals surface area contributed by atoms with E-state index in [0.717, 1.165) is 0 Å². The molecule has 1 unspecified atom stereocenters. The molecular formula is C19H12Cl4O5S. The molecule has 152 valence electrons. The first-order chi connectivity index (χ1) is 13.5. The largest absolute Gasteiger partial charge is 0.508 e.